The second kappa shape index (κ2) is 8.07. The fraction of sp³-hybridized carbons (Fsp3) is 0.222. The maximum atomic E-state index is 13.9. The summed E-state index contributed by atoms with van der Waals surface area (Å²) in [5.41, 5.74) is -0.250. The van der Waals surface area contributed by atoms with Gasteiger partial charge in [-0.3, -0.25) is 4.79 Å². The lowest BCUT2D eigenvalue weighted by molar-refractivity contribution is -0.137. The average Bonchev–Trinajstić information content (AvgIpc) is 2.61. The molecular formula is C18H16F4N2O3. The fourth-order valence-corrected chi connectivity index (χ4v) is 2.22. The number of methoxy groups -OCH3 is 1. The number of carbonyl (C=O) groups is 2. The molecule has 144 valence electrons. The molecule has 0 aromatic heterocycles. The lowest BCUT2D eigenvalue weighted by atomic mass is 10.1. The van der Waals surface area contributed by atoms with E-state index in [4.69, 9.17) is 0 Å². The normalized spacial score (nSPS) is 11.0. The van der Waals surface area contributed by atoms with Gasteiger partial charge in [-0.1, -0.05) is 0 Å². The van der Waals surface area contributed by atoms with E-state index in [0.717, 1.165) is 37.4 Å². The Morgan fingerprint density at radius 1 is 1.11 bits per heavy atom. The molecule has 2 aromatic carbocycles. The van der Waals surface area contributed by atoms with Gasteiger partial charge >= 0.3 is 12.1 Å². The van der Waals surface area contributed by atoms with Crippen LogP contribution in [0.15, 0.2) is 36.4 Å². The van der Waals surface area contributed by atoms with E-state index < -0.39 is 29.4 Å². The Labute approximate surface area is 152 Å². The molecule has 0 aliphatic rings. The van der Waals surface area contributed by atoms with Crippen molar-refractivity contribution in [2.45, 2.75) is 13.1 Å². The summed E-state index contributed by atoms with van der Waals surface area (Å²) < 4.78 is 56.0. The standard InChI is InChI=1S/C18H16F4N2O3/c1-10-14(19)7-11(17(26)27-2)8-15(10)23-9-16(25)24-13-5-3-12(4-6-13)18(20,21)22/h3-8,23H,9H2,1-2H3,(H,24,25). The summed E-state index contributed by atoms with van der Waals surface area (Å²) in [5, 5.41) is 5.11. The minimum atomic E-state index is -4.46. The van der Waals surface area contributed by atoms with Gasteiger partial charge in [0.1, 0.15) is 5.82 Å². The van der Waals surface area contributed by atoms with E-state index in [1.54, 1.807) is 0 Å². The average molecular weight is 384 g/mol. The van der Waals surface area contributed by atoms with Gasteiger partial charge in [0.15, 0.2) is 0 Å². The molecule has 0 heterocycles. The largest absolute Gasteiger partial charge is 0.465 e. The van der Waals surface area contributed by atoms with Gasteiger partial charge in [-0.25, -0.2) is 9.18 Å². The molecule has 0 bridgehead atoms. The Hall–Kier alpha value is -3.10. The van der Waals surface area contributed by atoms with Crippen molar-refractivity contribution in [2.75, 3.05) is 24.3 Å². The van der Waals surface area contributed by atoms with Crippen LogP contribution in [0.1, 0.15) is 21.5 Å². The molecule has 2 N–H and O–H groups in total. The third kappa shape index (κ3) is 5.19. The van der Waals surface area contributed by atoms with Crippen molar-refractivity contribution in [1.82, 2.24) is 0 Å². The highest BCUT2D eigenvalue weighted by atomic mass is 19.4. The smallest absolute Gasteiger partial charge is 0.416 e. The van der Waals surface area contributed by atoms with Crippen LogP contribution in [0.4, 0.5) is 28.9 Å². The Bertz CT molecular complexity index is 849. The Morgan fingerprint density at radius 3 is 2.30 bits per heavy atom. The molecular weight excluding hydrogens is 368 g/mol. The molecule has 0 saturated heterocycles. The summed E-state index contributed by atoms with van der Waals surface area (Å²) in [6, 6.07) is 6.32. The summed E-state index contributed by atoms with van der Waals surface area (Å²) in [5.74, 6) is -1.94. The van der Waals surface area contributed by atoms with Gasteiger partial charge < -0.3 is 15.4 Å². The second-order valence-electron chi connectivity index (χ2n) is 5.60. The minimum absolute atomic E-state index is 0.0220. The number of halogens is 4. The molecule has 2 rings (SSSR count). The number of benzene rings is 2. The van der Waals surface area contributed by atoms with Crippen LogP contribution in [-0.2, 0) is 15.7 Å². The van der Waals surface area contributed by atoms with Crippen LogP contribution in [0.2, 0.25) is 0 Å². The van der Waals surface area contributed by atoms with Crippen LogP contribution in [0, 0.1) is 12.7 Å². The number of ether oxygens (including phenoxy) is 1. The first kappa shape index (κ1) is 20.2. The monoisotopic (exact) mass is 384 g/mol. The zero-order valence-corrected chi connectivity index (χ0v) is 14.4. The summed E-state index contributed by atoms with van der Waals surface area (Å²) in [6.07, 6.45) is -4.46. The molecule has 5 nitrogen and oxygen atoms in total. The highest BCUT2D eigenvalue weighted by Crippen LogP contribution is 2.29. The van der Waals surface area contributed by atoms with Gasteiger partial charge in [-0.05, 0) is 43.3 Å². The lowest BCUT2D eigenvalue weighted by Gasteiger charge is -2.13. The topological polar surface area (TPSA) is 67.4 Å². The van der Waals surface area contributed by atoms with Gasteiger partial charge in [-0.15, -0.1) is 0 Å². The number of nitrogens with one attached hydrogen (secondary N) is 2. The third-order valence-electron chi connectivity index (χ3n) is 3.70. The molecule has 0 radical (unpaired) electrons. The van der Waals surface area contributed by atoms with Crippen molar-refractivity contribution in [3.8, 4) is 0 Å². The van der Waals surface area contributed by atoms with E-state index in [1.807, 2.05) is 0 Å². The molecule has 1 amide bonds. The summed E-state index contributed by atoms with van der Waals surface area (Å²) in [4.78, 5) is 23.5. The maximum absolute atomic E-state index is 13.9. The van der Waals surface area contributed by atoms with Gasteiger partial charge in [0.2, 0.25) is 5.91 Å². The van der Waals surface area contributed by atoms with Crippen molar-refractivity contribution in [2.24, 2.45) is 0 Å². The maximum Gasteiger partial charge on any atom is 0.416 e. The molecule has 0 fully saturated rings. The van der Waals surface area contributed by atoms with E-state index in [-0.39, 0.29) is 29.0 Å². The number of anilines is 2. The molecule has 0 aliphatic carbocycles. The molecule has 0 atom stereocenters. The SMILES string of the molecule is COC(=O)c1cc(F)c(C)c(NCC(=O)Nc2ccc(C(F)(F)F)cc2)c1. The number of amides is 1. The summed E-state index contributed by atoms with van der Waals surface area (Å²) >= 11 is 0. The zero-order valence-electron chi connectivity index (χ0n) is 14.4. The van der Waals surface area contributed by atoms with E-state index in [9.17, 15) is 27.2 Å². The van der Waals surface area contributed by atoms with Crippen molar-refractivity contribution < 1.29 is 31.9 Å². The van der Waals surface area contributed by atoms with E-state index >= 15 is 0 Å². The van der Waals surface area contributed by atoms with Crippen LogP contribution in [0.25, 0.3) is 0 Å². The molecule has 0 saturated carbocycles. The highest BCUT2D eigenvalue weighted by molar-refractivity contribution is 5.94. The first-order valence-electron chi connectivity index (χ1n) is 7.71. The number of alkyl halides is 3. The van der Waals surface area contributed by atoms with Gasteiger partial charge in [0, 0.05) is 16.9 Å². The van der Waals surface area contributed by atoms with E-state index in [1.165, 1.54) is 13.0 Å². The van der Waals surface area contributed by atoms with Crippen molar-refractivity contribution in [3.63, 3.8) is 0 Å². The fourth-order valence-electron chi connectivity index (χ4n) is 2.22. The number of hydrogen-bond acceptors (Lipinski definition) is 4. The van der Waals surface area contributed by atoms with Crippen LogP contribution in [0.3, 0.4) is 0 Å². The number of esters is 1. The Morgan fingerprint density at radius 2 is 1.74 bits per heavy atom. The van der Waals surface area contributed by atoms with Gasteiger partial charge in [0.05, 0.1) is 24.8 Å². The Balaban J connectivity index is 2.03. The number of hydrogen-bond donors (Lipinski definition) is 2. The molecule has 9 heteroatoms. The van der Waals surface area contributed by atoms with Gasteiger partial charge in [-0.2, -0.15) is 13.2 Å². The molecule has 2 aromatic rings. The molecule has 0 aliphatic heterocycles. The number of carbonyl (C=O) groups excluding carboxylic acids is 2. The van der Waals surface area contributed by atoms with Crippen molar-refractivity contribution >= 4 is 23.3 Å². The second-order valence-corrected chi connectivity index (χ2v) is 5.60. The number of rotatable bonds is 5. The first-order chi connectivity index (χ1) is 12.6. The molecule has 0 spiro atoms. The van der Waals surface area contributed by atoms with Crippen LogP contribution in [-0.4, -0.2) is 25.5 Å². The predicted octanol–water partition coefficient (Wildman–Crippen LogP) is 3.99. The van der Waals surface area contributed by atoms with E-state index in [2.05, 4.69) is 15.4 Å². The predicted molar refractivity (Wildman–Crippen MR) is 91.0 cm³/mol. The quantitative estimate of drug-likeness (QED) is 0.604. The summed E-state index contributed by atoms with van der Waals surface area (Å²) in [6.45, 7) is 1.18. The minimum Gasteiger partial charge on any atom is -0.465 e. The third-order valence-corrected chi connectivity index (χ3v) is 3.70. The molecule has 27 heavy (non-hydrogen) atoms. The Kier molecular flexibility index (Phi) is 6.04. The van der Waals surface area contributed by atoms with Crippen LogP contribution >= 0.6 is 0 Å². The van der Waals surface area contributed by atoms with Gasteiger partial charge in [0.25, 0.3) is 0 Å². The van der Waals surface area contributed by atoms with Crippen LogP contribution < -0.4 is 10.6 Å². The lowest BCUT2D eigenvalue weighted by Crippen LogP contribution is -2.22. The first-order valence-corrected chi connectivity index (χ1v) is 7.71. The van der Waals surface area contributed by atoms with Crippen molar-refractivity contribution in [1.29, 1.82) is 0 Å². The zero-order chi connectivity index (χ0) is 20.2. The van der Waals surface area contributed by atoms with E-state index in [0.29, 0.717) is 0 Å². The van der Waals surface area contributed by atoms with Crippen LogP contribution in [0.5, 0.6) is 0 Å². The van der Waals surface area contributed by atoms with Crippen molar-refractivity contribution in [3.05, 3.63) is 58.9 Å². The summed E-state index contributed by atoms with van der Waals surface area (Å²) in [7, 11) is 1.16. The highest BCUT2D eigenvalue weighted by Gasteiger charge is 2.30. The molecule has 0 unspecified atom stereocenters.